The van der Waals surface area contributed by atoms with Gasteiger partial charge in [0.15, 0.2) is 0 Å². The standard InChI is InChI=1S/C17H27BrO2/c1-4-5-6-7-8-9-20-13-14(2)15-10-16(18)12-17(11-15)19-3/h10-12,14H,4-9,13H2,1-3H3. The van der Waals surface area contributed by atoms with Gasteiger partial charge in [-0.25, -0.2) is 0 Å². The van der Waals surface area contributed by atoms with Gasteiger partial charge in [-0.1, -0.05) is 55.5 Å². The van der Waals surface area contributed by atoms with Crippen LogP contribution in [0.1, 0.15) is 57.4 Å². The summed E-state index contributed by atoms with van der Waals surface area (Å²) in [5.74, 6) is 1.28. The van der Waals surface area contributed by atoms with Crippen LogP contribution in [0.4, 0.5) is 0 Å². The molecule has 0 saturated carbocycles. The van der Waals surface area contributed by atoms with Crippen LogP contribution in [0.3, 0.4) is 0 Å². The van der Waals surface area contributed by atoms with E-state index in [0.717, 1.165) is 23.4 Å². The zero-order valence-electron chi connectivity index (χ0n) is 13.0. The third-order valence-electron chi connectivity index (χ3n) is 3.46. The van der Waals surface area contributed by atoms with Gasteiger partial charge < -0.3 is 9.47 Å². The second-order valence-corrected chi connectivity index (χ2v) is 6.23. The number of hydrogen-bond acceptors (Lipinski definition) is 2. The van der Waals surface area contributed by atoms with Gasteiger partial charge in [0, 0.05) is 17.0 Å². The molecule has 0 amide bonds. The third kappa shape index (κ3) is 6.76. The number of halogens is 1. The predicted molar refractivity (Wildman–Crippen MR) is 88.7 cm³/mol. The lowest BCUT2D eigenvalue weighted by molar-refractivity contribution is 0.119. The largest absolute Gasteiger partial charge is 0.497 e. The monoisotopic (exact) mass is 342 g/mol. The Morgan fingerprint density at radius 3 is 2.55 bits per heavy atom. The first-order chi connectivity index (χ1) is 9.67. The summed E-state index contributed by atoms with van der Waals surface area (Å²) in [4.78, 5) is 0. The van der Waals surface area contributed by atoms with Crippen molar-refractivity contribution in [1.29, 1.82) is 0 Å². The van der Waals surface area contributed by atoms with Crippen molar-refractivity contribution in [3.63, 3.8) is 0 Å². The maximum Gasteiger partial charge on any atom is 0.120 e. The van der Waals surface area contributed by atoms with Crippen molar-refractivity contribution in [2.75, 3.05) is 20.3 Å². The first-order valence-corrected chi connectivity index (χ1v) is 8.39. The summed E-state index contributed by atoms with van der Waals surface area (Å²) < 4.78 is 12.1. The lowest BCUT2D eigenvalue weighted by Gasteiger charge is -2.14. The van der Waals surface area contributed by atoms with Crippen molar-refractivity contribution < 1.29 is 9.47 Å². The van der Waals surface area contributed by atoms with Crippen LogP contribution < -0.4 is 4.74 Å². The molecular formula is C17H27BrO2. The van der Waals surface area contributed by atoms with Gasteiger partial charge in [0.2, 0.25) is 0 Å². The van der Waals surface area contributed by atoms with Crippen molar-refractivity contribution in [3.8, 4) is 5.75 Å². The number of methoxy groups -OCH3 is 1. The highest BCUT2D eigenvalue weighted by Gasteiger charge is 2.08. The Balaban J connectivity index is 2.28. The van der Waals surface area contributed by atoms with Crippen LogP contribution in [0, 0.1) is 0 Å². The fraction of sp³-hybridized carbons (Fsp3) is 0.647. The fourth-order valence-electron chi connectivity index (χ4n) is 2.15. The second-order valence-electron chi connectivity index (χ2n) is 5.31. The van der Waals surface area contributed by atoms with E-state index in [4.69, 9.17) is 9.47 Å². The number of hydrogen-bond donors (Lipinski definition) is 0. The van der Waals surface area contributed by atoms with Crippen LogP contribution >= 0.6 is 15.9 Å². The molecule has 1 aromatic carbocycles. The molecular weight excluding hydrogens is 316 g/mol. The normalized spacial score (nSPS) is 12.4. The molecule has 3 heteroatoms. The molecule has 0 spiro atoms. The van der Waals surface area contributed by atoms with Crippen molar-refractivity contribution >= 4 is 15.9 Å². The smallest absolute Gasteiger partial charge is 0.120 e. The van der Waals surface area contributed by atoms with Gasteiger partial charge in [-0.2, -0.15) is 0 Å². The van der Waals surface area contributed by atoms with E-state index in [0.29, 0.717) is 5.92 Å². The van der Waals surface area contributed by atoms with E-state index in [9.17, 15) is 0 Å². The molecule has 0 bridgehead atoms. The van der Waals surface area contributed by atoms with E-state index in [1.807, 2.05) is 6.07 Å². The third-order valence-corrected chi connectivity index (χ3v) is 3.92. The Morgan fingerprint density at radius 1 is 1.10 bits per heavy atom. The molecule has 0 aliphatic heterocycles. The van der Waals surface area contributed by atoms with Gasteiger partial charge in [-0.15, -0.1) is 0 Å². The summed E-state index contributed by atoms with van der Waals surface area (Å²) in [6, 6.07) is 6.20. The average molecular weight is 343 g/mol. The van der Waals surface area contributed by atoms with E-state index in [1.54, 1.807) is 7.11 Å². The molecule has 0 N–H and O–H groups in total. The fourth-order valence-corrected chi connectivity index (χ4v) is 2.64. The zero-order valence-corrected chi connectivity index (χ0v) is 14.5. The summed E-state index contributed by atoms with van der Waals surface area (Å²) in [7, 11) is 1.70. The van der Waals surface area contributed by atoms with Gasteiger partial charge in [-0.3, -0.25) is 0 Å². The van der Waals surface area contributed by atoms with Crippen molar-refractivity contribution in [1.82, 2.24) is 0 Å². The van der Waals surface area contributed by atoms with Crippen LogP contribution in [0.2, 0.25) is 0 Å². The Hall–Kier alpha value is -0.540. The average Bonchev–Trinajstić information content (AvgIpc) is 2.45. The van der Waals surface area contributed by atoms with Crippen LogP contribution in [-0.2, 0) is 4.74 Å². The summed E-state index contributed by atoms with van der Waals surface area (Å²) >= 11 is 3.52. The maximum atomic E-state index is 5.79. The van der Waals surface area contributed by atoms with Gasteiger partial charge in [-0.05, 0) is 30.2 Å². The lowest BCUT2D eigenvalue weighted by Crippen LogP contribution is -2.06. The van der Waals surface area contributed by atoms with E-state index in [2.05, 4.69) is 41.9 Å². The molecule has 0 heterocycles. The van der Waals surface area contributed by atoms with Crippen LogP contribution in [0.5, 0.6) is 5.75 Å². The van der Waals surface area contributed by atoms with Crippen LogP contribution in [0.25, 0.3) is 0 Å². The Morgan fingerprint density at radius 2 is 1.85 bits per heavy atom. The minimum absolute atomic E-state index is 0.386. The van der Waals surface area contributed by atoms with E-state index < -0.39 is 0 Å². The van der Waals surface area contributed by atoms with Gasteiger partial charge >= 0.3 is 0 Å². The first-order valence-electron chi connectivity index (χ1n) is 7.59. The predicted octanol–water partition coefficient (Wildman–Crippen LogP) is 5.55. The van der Waals surface area contributed by atoms with E-state index >= 15 is 0 Å². The number of unbranched alkanes of at least 4 members (excludes halogenated alkanes) is 4. The second kappa shape index (κ2) is 10.2. The minimum atomic E-state index is 0.386. The minimum Gasteiger partial charge on any atom is -0.497 e. The molecule has 114 valence electrons. The van der Waals surface area contributed by atoms with Crippen molar-refractivity contribution in [2.45, 2.75) is 51.9 Å². The quantitative estimate of drug-likeness (QED) is 0.519. The van der Waals surface area contributed by atoms with Crippen LogP contribution in [0.15, 0.2) is 22.7 Å². The Kier molecular flexibility index (Phi) is 8.95. The number of rotatable bonds is 10. The molecule has 0 aromatic heterocycles. The highest BCUT2D eigenvalue weighted by molar-refractivity contribution is 9.10. The Labute approximate surface area is 132 Å². The SMILES string of the molecule is CCCCCCCOCC(C)c1cc(Br)cc(OC)c1. The highest BCUT2D eigenvalue weighted by Crippen LogP contribution is 2.26. The molecule has 0 saturated heterocycles. The van der Waals surface area contributed by atoms with E-state index in [1.165, 1.54) is 37.7 Å². The molecule has 1 aromatic rings. The van der Waals surface area contributed by atoms with Crippen LogP contribution in [-0.4, -0.2) is 20.3 Å². The van der Waals surface area contributed by atoms with Crippen molar-refractivity contribution in [2.24, 2.45) is 0 Å². The van der Waals surface area contributed by atoms with Crippen molar-refractivity contribution in [3.05, 3.63) is 28.2 Å². The van der Waals surface area contributed by atoms with Gasteiger partial charge in [0.05, 0.1) is 13.7 Å². The van der Waals surface area contributed by atoms with Gasteiger partial charge in [0.25, 0.3) is 0 Å². The molecule has 1 unspecified atom stereocenters. The molecule has 0 aliphatic rings. The number of ether oxygens (including phenoxy) is 2. The molecule has 0 radical (unpaired) electrons. The molecule has 0 aliphatic carbocycles. The molecule has 2 nitrogen and oxygen atoms in total. The lowest BCUT2D eigenvalue weighted by atomic mass is 10.0. The van der Waals surface area contributed by atoms with Gasteiger partial charge in [0.1, 0.15) is 5.75 Å². The summed E-state index contributed by atoms with van der Waals surface area (Å²) in [6.45, 7) is 6.08. The molecule has 1 rings (SSSR count). The molecule has 1 atom stereocenters. The first kappa shape index (κ1) is 17.5. The summed E-state index contributed by atoms with van der Waals surface area (Å²) in [5.41, 5.74) is 1.25. The van der Waals surface area contributed by atoms with E-state index in [-0.39, 0.29) is 0 Å². The Bertz CT molecular complexity index is 379. The molecule has 20 heavy (non-hydrogen) atoms. The topological polar surface area (TPSA) is 18.5 Å². The summed E-state index contributed by atoms with van der Waals surface area (Å²) in [6.07, 6.45) is 6.43. The molecule has 0 fully saturated rings. The summed E-state index contributed by atoms with van der Waals surface area (Å²) in [5, 5.41) is 0. The maximum absolute atomic E-state index is 5.79. The number of benzene rings is 1. The highest BCUT2D eigenvalue weighted by atomic mass is 79.9. The zero-order chi connectivity index (χ0) is 14.8.